The number of hydrogen-bond donors (Lipinski definition) is 2. The molecular weight excluding hydrogens is 370 g/mol. The summed E-state index contributed by atoms with van der Waals surface area (Å²) in [5, 5.41) is 0.239. The predicted octanol–water partition coefficient (Wildman–Crippen LogP) is 1.49. The summed E-state index contributed by atoms with van der Waals surface area (Å²) in [6.07, 6.45) is 1.30. The lowest BCUT2D eigenvalue weighted by Crippen LogP contribution is -2.39. The number of nitrogens with two attached hydrogens (primary N) is 1. The molecule has 0 aliphatic heterocycles. The van der Waals surface area contributed by atoms with Gasteiger partial charge in [-0.2, -0.15) is 0 Å². The van der Waals surface area contributed by atoms with Gasteiger partial charge in [0.1, 0.15) is 11.0 Å². The van der Waals surface area contributed by atoms with Crippen molar-refractivity contribution in [3.05, 3.63) is 85.8 Å². The third-order valence-electron chi connectivity index (χ3n) is 4.01. The number of aromatic amines is 1. The summed E-state index contributed by atoms with van der Waals surface area (Å²) in [6, 6.07) is 12.1. The molecule has 27 heavy (non-hydrogen) atoms. The molecular formula is C18H16ClN5O3. The van der Waals surface area contributed by atoms with E-state index in [1.807, 2.05) is 30.3 Å². The van der Waals surface area contributed by atoms with Crippen molar-refractivity contribution in [3.8, 4) is 0 Å². The fourth-order valence-corrected chi connectivity index (χ4v) is 2.73. The second kappa shape index (κ2) is 7.46. The fourth-order valence-electron chi connectivity index (χ4n) is 2.62. The number of carbonyl (C=O) groups is 1. The average molecular weight is 386 g/mol. The molecule has 0 atom stereocenters. The Hall–Kier alpha value is -3.39. The Morgan fingerprint density at radius 1 is 1.22 bits per heavy atom. The Labute approximate surface area is 158 Å². The number of anilines is 2. The smallest absolute Gasteiger partial charge is 0.330 e. The number of aromatic nitrogens is 3. The van der Waals surface area contributed by atoms with E-state index in [4.69, 9.17) is 17.3 Å². The van der Waals surface area contributed by atoms with E-state index in [-0.39, 0.29) is 28.8 Å². The molecule has 3 aromatic rings. The average Bonchev–Trinajstić information content (AvgIpc) is 2.65. The Balaban J connectivity index is 2.03. The monoisotopic (exact) mass is 385 g/mol. The highest BCUT2D eigenvalue weighted by molar-refractivity contribution is 6.29. The van der Waals surface area contributed by atoms with Crippen LogP contribution < -0.4 is 21.9 Å². The zero-order valence-corrected chi connectivity index (χ0v) is 15.1. The molecule has 0 saturated heterocycles. The van der Waals surface area contributed by atoms with Gasteiger partial charge < -0.3 is 10.6 Å². The van der Waals surface area contributed by atoms with Gasteiger partial charge in [-0.3, -0.25) is 19.1 Å². The Bertz CT molecular complexity index is 1090. The molecule has 3 rings (SSSR count). The van der Waals surface area contributed by atoms with Crippen LogP contribution in [-0.2, 0) is 6.54 Å². The van der Waals surface area contributed by atoms with Crippen molar-refractivity contribution in [1.29, 1.82) is 0 Å². The highest BCUT2D eigenvalue weighted by Gasteiger charge is 2.22. The van der Waals surface area contributed by atoms with E-state index in [9.17, 15) is 14.4 Å². The molecule has 9 heteroatoms. The number of nitrogens with zero attached hydrogens (tertiary/aromatic N) is 3. The van der Waals surface area contributed by atoms with Crippen molar-refractivity contribution < 1.29 is 4.79 Å². The SMILES string of the molecule is CN(C(=O)c1ccc(Cl)nc1)c1c(N)n(Cc2ccccc2)c(=O)[nH]c1=O. The summed E-state index contributed by atoms with van der Waals surface area (Å²) >= 11 is 5.73. The molecule has 0 bridgehead atoms. The molecule has 3 N–H and O–H groups in total. The second-order valence-electron chi connectivity index (χ2n) is 5.80. The zero-order valence-electron chi connectivity index (χ0n) is 14.3. The normalized spacial score (nSPS) is 10.6. The summed E-state index contributed by atoms with van der Waals surface area (Å²) in [5.41, 5.74) is 5.61. The third kappa shape index (κ3) is 3.75. The van der Waals surface area contributed by atoms with Crippen molar-refractivity contribution in [1.82, 2.24) is 14.5 Å². The van der Waals surface area contributed by atoms with Crippen LogP contribution in [0.5, 0.6) is 0 Å². The number of nitrogen functional groups attached to an aromatic ring is 1. The summed E-state index contributed by atoms with van der Waals surface area (Å²) in [7, 11) is 1.40. The predicted molar refractivity (Wildman–Crippen MR) is 103 cm³/mol. The lowest BCUT2D eigenvalue weighted by atomic mass is 10.2. The largest absolute Gasteiger partial charge is 0.383 e. The summed E-state index contributed by atoms with van der Waals surface area (Å²) < 4.78 is 1.20. The van der Waals surface area contributed by atoms with Crippen molar-refractivity contribution in [3.63, 3.8) is 0 Å². The minimum Gasteiger partial charge on any atom is -0.383 e. The quantitative estimate of drug-likeness (QED) is 0.660. The maximum atomic E-state index is 12.7. The minimum absolute atomic E-state index is 0.106. The fraction of sp³-hybridized carbons (Fsp3) is 0.111. The van der Waals surface area contributed by atoms with Crippen molar-refractivity contribution in [2.45, 2.75) is 6.54 Å². The van der Waals surface area contributed by atoms with Crippen molar-refractivity contribution >= 4 is 29.0 Å². The molecule has 2 heterocycles. The standard InChI is InChI=1S/C18H16ClN5O3/c1-23(17(26)12-7-8-13(19)21-9-12)14-15(20)24(18(27)22-16(14)25)10-11-5-3-2-4-6-11/h2-9H,10,20H2,1H3,(H,22,25,27). The maximum absolute atomic E-state index is 12.7. The van der Waals surface area contributed by atoms with Gasteiger partial charge in [-0.1, -0.05) is 41.9 Å². The van der Waals surface area contributed by atoms with Crippen LogP contribution in [0, 0.1) is 0 Å². The van der Waals surface area contributed by atoms with E-state index in [2.05, 4.69) is 9.97 Å². The molecule has 0 aliphatic rings. The first-order valence-corrected chi connectivity index (χ1v) is 8.32. The first-order chi connectivity index (χ1) is 12.9. The van der Waals surface area contributed by atoms with Crippen molar-refractivity contribution in [2.24, 2.45) is 0 Å². The molecule has 0 spiro atoms. The molecule has 0 unspecified atom stereocenters. The molecule has 138 valence electrons. The van der Waals surface area contributed by atoms with Crippen molar-refractivity contribution in [2.75, 3.05) is 17.7 Å². The molecule has 0 saturated carbocycles. The summed E-state index contributed by atoms with van der Waals surface area (Å²) in [6.45, 7) is 0.153. The molecule has 2 aromatic heterocycles. The van der Waals surface area contributed by atoms with Crippen LogP contribution in [0.25, 0.3) is 0 Å². The first-order valence-electron chi connectivity index (χ1n) is 7.94. The van der Waals surface area contributed by atoms with Crippen LogP contribution in [0.4, 0.5) is 11.5 Å². The van der Waals surface area contributed by atoms with Crippen LogP contribution in [0.15, 0.2) is 58.3 Å². The van der Waals surface area contributed by atoms with E-state index >= 15 is 0 Å². The van der Waals surface area contributed by atoms with E-state index in [1.165, 1.54) is 29.9 Å². The van der Waals surface area contributed by atoms with Gasteiger partial charge in [0.05, 0.1) is 12.1 Å². The second-order valence-corrected chi connectivity index (χ2v) is 6.19. The van der Waals surface area contributed by atoms with Gasteiger partial charge in [0, 0.05) is 13.2 Å². The molecule has 0 radical (unpaired) electrons. The number of amides is 1. The molecule has 1 aromatic carbocycles. The Kier molecular flexibility index (Phi) is 5.09. The van der Waals surface area contributed by atoms with E-state index < -0.39 is 17.2 Å². The topological polar surface area (TPSA) is 114 Å². The van der Waals surface area contributed by atoms with E-state index in [0.29, 0.717) is 0 Å². The van der Waals surface area contributed by atoms with E-state index in [1.54, 1.807) is 0 Å². The Morgan fingerprint density at radius 2 is 1.93 bits per heavy atom. The summed E-state index contributed by atoms with van der Waals surface area (Å²) in [4.78, 5) is 44.3. The van der Waals surface area contributed by atoms with Gasteiger partial charge in [0.15, 0.2) is 5.69 Å². The maximum Gasteiger partial charge on any atom is 0.330 e. The highest BCUT2D eigenvalue weighted by Crippen LogP contribution is 2.18. The van der Waals surface area contributed by atoms with Crippen LogP contribution >= 0.6 is 11.6 Å². The number of hydrogen-bond acceptors (Lipinski definition) is 5. The molecule has 0 aliphatic carbocycles. The number of H-pyrrole nitrogens is 1. The molecule has 0 fully saturated rings. The lowest BCUT2D eigenvalue weighted by molar-refractivity contribution is 0.0992. The number of nitrogens with one attached hydrogen (secondary N) is 1. The van der Waals surface area contributed by atoms with Crippen LogP contribution in [-0.4, -0.2) is 27.5 Å². The van der Waals surface area contributed by atoms with Gasteiger partial charge in [-0.25, -0.2) is 9.78 Å². The number of carbonyl (C=O) groups excluding carboxylic acids is 1. The lowest BCUT2D eigenvalue weighted by Gasteiger charge is -2.20. The van der Waals surface area contributed by atoms with Gasteiger partial charge in [-0.15, -0.1) is 0 Å². The van der Waals surface area contributed by atoms with Crippen LogP contribution in [0.3, 0.4) is 0 Å². The van der Waals surface area contributed by atoms with E-state index in [0.717, 1.165) is 10.5 Å². The van der Waals surface area contributed by atoms with Crippen LogP contribution in [0.1, 0.15) is 15.9 Å². The summed E-state index contributed by atoms with van der Waals surface area (Å²) in [5.74, 6) is -0.619. The van der Waals surface area contributed by atoms with Gasteiger partial charge >= 0.3 is 5.69 Å². The number of rotatable bonds is 4. The van der Waals surface area contributed by atoms with Gasteiger partial charge in [0.25, 0.3) is 11.5 Å². The first kappa shape index (κ1) is 18.4. The number of benzene rings is 1. The molecule has 8 nitrogen and oxygen atoms in total. The van der Waals surface area contributed by atoms with Gasteiger partial charge in [0.2, 0.25) is 0 Å². The van der Waals surface area contributed by atoms with Gasteiger partial charge in [-0.05, 0) is 17.7 Å². The minimum atomic E-state index is -0.750. The third-order valence-corrected chi connectivity index (χ3v) is 4.24. The number of pyridine rings is 1. The Morgan fingerprint density at radius 3 is 2.56 bits per heavy atom. The van der Waals surface area contributed by atoms with Crippen LogP contribution in [0.2, 0.25) is 5.15 Å². The highest BCUT2D eigenvalue weighted by atomic mass is 35.5. The zero-order chi connectivity index (χ0) is 19.6. The molecule has 1 amide bonds. The number of halogens is 1.